The van der Waals surface area contributed by atoms with Crippen molar-refractivity contribution in [3.63, 3.8) is 0 Å². The minimum absolute atomic E-state index is 0.202. The van der Waals surface area contributed by atoms with Gasteiger partial charge in [-0.2, -0.15) is 0 Å². The maximum Gasteiger partial charge on any atom is 0.254 e. The number of benzene rings is 1. The van der Waals surface area contributed by atoms with Gasteiger partial charge in [-0.05, 0) is 56.7 Å². The number of hydrogen-bond donors (Lipinski definition) is 2. The van der Waals surface area contributed by atoms with Gasteiger partial charge < -0.3 is 11.1 Å². The molecule has 2 aliphatic carbocycles. The third kappa shape index (κ3) is 2.30. The third-order valence-corrected chi connectivity index (χ3v) is 4.67. The Balaban J connectivity index is 1.81. The Labute approximate surface area is 116 Å². The quantitative estimate of drug-likeness (QED) is 0.874. The second-order valence-electron chi connectivity index (χ2n) is 6.25. The van der Waals surface area contributed by atoms with Crippen molar-refractivity contribution in [2.45, 2.75) is 49.6 Å². The molecular formula is C15H18F2N2O. The van der Waals surface area contributed by atoms with Crippen molar-refractivity contribution in [3.05, 3.63) is 35.4 Å². The number of halogens is 2. The number of nitrogens with two attached hydrogens (primary N) is 1. The number of nitrogens with one attached hydrogen (secondary N) is 1. The van der Waals surface area contributed by atoms with E-state index in [1.54, 1.807) is 0 Å². The van der Waals surface area contributed by atoms with E-state index in [-0.39, 0.29) is 16.6 Å². The number of hydrogen-bond acceptors (Lipinski definition) is 2. The van der Waals surface area contributed by atoms with Crippen LogP contribution in [0.4, 0.5) is 8.78 Å². The summed E-state index contributed by atoms with van der Waals surface area (Å²) in [6.45, 7) is 0. The highest BCUT2D eigenvalue weighted by Crippen LogP contribution is 2.46. The van der Waals surface area contributed by atoms with Crippen LogP contribution in [0.15, 0.2) is 18.2 Å². The minimum atomic E-state index is -0.701. The summed E-state index contributed by atoms with van der Waals surface area (Å²) in [4.78, 5) is 12.2. The van der Waals surface area contributed by atoms with E-state index in [1.807, 2.05) is 0 Å². The van der Waals surface area contributed by atoms with Gasteiger partial charge in [0.15, 0.2) is 0 Å². The van der Waals surface area contributed by atoms with Crippen molar-refractivity contribution in [3.8, 4) is 0 Å². The molecule has 3 rings (SSSR count). The van der Waals surface area contributed by atoms with Gasteiger partial charge in [-0.15, -0.1) is 0 Å². The summed E-state index contributed by atoms with van der Waals surface area (Å²) >= 11 is 0. The molecule has 2 aliphatic rings. The van der Waals surface area contributed by atoms with E-state index < -0.39 is 17.5 Å². The molecule has 2 fully saturated rings. The second-order valence-corrected chi connectivity index (χ2v) is 6.25. The Hall–Kier alpha value is -1.49. The van der Waals surface area contributed by atoms with E-state index in [1.165, 1.54) is 0 Å². The lowest BCUT2D eigenvalue weighted by molar-refractivity contribution is 0.0872. The fourth-order valence-electron chi connectivity index (χ4n) is 3.69. The lowest BCUT2D eigenvalue weighted by Crippen LogP contribution is -2.52. The first-order valence-electron chi connectivity index (χ1n) is 6.98. The highest BCUT2D eigenvalue weighted by molar-refractivity contribution is 5.95. The summed E-state index contributed by atoms with van der Waals surface area (Å²) < 4.78 is 26.8. The van der Waals surface area contributed by atoms with Gasteiger partial charge in [-0.3, -0.25) is 4.79 Å². The van der Waals surface area contributed by atoms with Crippen LogP contribution in [0.1, 0.15) is 48.9 Å². The molecule has 0 heterocycles. The van der Waals surface area contributed by atoms with Gasteiger partial charge in [-0.1, -0.05) is 0 Å². The summed E-state index contributed by atoms with van der Waals surface area (Å²) in [7, 11) is 0. The monoisotopic (exact) mass is 280 g/mol. The summed E-state index contributed by atoms with van der Waals surface area (Å²) in [5.74, 6) is -1.86. The SMILES string of the molecule is N[C@@]12CCC[C@@](NC(=O)c3cc(F)ccc3F)(CC1)C2. The van der Waals surface area contributed by atoms with Crippen molar-refractivity contribution in [1.82, 2.24) is 5.32 Å². The van der Waals surface area contributed by atoms with Crippen molar-refractivity contribution in [2.75, 3.05) is 0 Å². The number of rotatable bonds is 2. The van der Waals surface area contributed by atoms with Crippen molar-refractivity contribution < 1.29 is 13.6 Å². The molecule has 5 heteroatoms. The first-order valence-corrected chi connectivity index (χ1v) is 6.98. The molecule has 1 aromatic rings. The van der Waals surface area contributed by atoms with E-state index in [4.69, 9.17) is 5.73 Å². The van der Waals surface area contributed by atoms with Crippen LogP contribution in [0.5, 0.6) is 0 Å². The fraction of sp³-hybridized carbons (Fsp3) is 0.533. The Morgan fingerprint density at radius 3 is 2.80 bits per heavy atom. The molecule has 0 radical (unpaired) electrons. The van der Waals surface area contributed by atoms with Gasteiger partial charge in [0.25, 0.3) is 5.91 Å². The third-order valence-electron chi connectivity index (χ3n) is 4.67. The average molecular weight is 280 g/mol. The molecule has 0 aromatic heterocycles. The molecule has 0 aliphatic heterocycles. The number of fused-ring (bicyclic) bond motifs is 2. The van der Waals surface area contributed by atoms with E-state index in [2.05, 4.69) is 5.32 Å². The molecule has 0 spiro atoms. The zero-order valence-corrected chi connectivity index (χ0v) is 11.2. The van der Waals surface area contributed by atoms with Crippen LogP contribution in [0.25, 0.3) is 0 Å². The number of carbonyl (C=O) groups is 1. The van der Waals surface area contributed by atoms with Crippen LogP contribution >= 0.6 is 0 Å². The highest BCUT2D eigenvalue weighted by atomic mass is 19.1. The number of amides is 1. The molecule has 2 saturated carbocycles. The van der Waals surface area contributed by atoms with Gasteiger partial charge in [-0.25, -0.2) is 8.78 Å². The normalized spacial score (nSPS) is 32.1. The summed E-state index contributed by atoms with van der Waals surface area (Å²) in [6, 6.07) is 2.92. The molecule has 0 saturated heterocycles. The van der Waals surface area contributed by atoms with Gasteiger partial charge in [0.1, 0.15) is 11.6 Å². The topological polar surface area (TPSA) is 55.1 Å². The van der Waals surface area contributed by atoms with Crippen LogP contribution in [0, 0.1) is 11.6 Å². The Morgan fingerprint density at radius 2 is 2.00 bits per heavy atom. The molecule has 3 N–H and O–H groups in total. The van der Waals surface area contributed by atoms with E-state index in [9.17, 15) is 13.6 Å². The highest BCUT2D eigenvalue weighted by Gasteiger charge is 2.49. The molecule has 2 atom stereocenters. The lowest BCUT2D eigenvalue weighted by Gasteiger charge is -2.38. The first kappa shape index (κ1) is 13.5. The molecular weight excluding hydrogens is 262 g/mol. The zero-order chi connectivity index (χ0) is 14.4. The lowest BCUT2D eigenvalue weighted by atomic mass is 9.79. The molecule has 1 aromatic carbocycles. The van der Waals surface area contributed by atoms with Gasteiger partial charge >= 0.3 is 0 Å². The minimum Gasteiger partial charge on any atom is -0.346 e. The molecule has 0 unspecified atom stereocenters. The Kier molecular flexibility index (Phi) is 3.05. The van der Waals surface area contributed by atoms with Crippen molar-refractivity contribution >= 4 is 5.91 Å². The zero-order valence-electron chi connectivity index (χ0n) is 11.2. The molecule has 2 bridgehead atoms. The second kappa shape index (κ2) is 4.52. The van der Waals surface area contributed by atoms with Crippen LogP contribution in [0.3, 0.4) is 0 Å². The van der Waals surface area contributed by atoms with Crippen LogP contribution in [-0.2, 0) is 0 Å². The van der Waals surface area contributed by atoms with Gasteiger partial charge in [0, 0.05) is 11.1 Å². The fourth-order valence-corrected chi connectivity index (χ4v) is 3.69. The molecule has 3 nitrogen and oxygen atoms in total. The predicted molar refractivity (Wildman–Crippen MR) is 71.2 cm³/mol. The Morgan fingerprint density at radius 1 is 1.20 bits per heavy atom. The van der Waals surface area contributed by atoms with E-state index in [0.717, 1.165) is 56.7 Å². The smallest absolute Gasteiger partial charge is 0.254 e. The maximum atomic E-state index is 13.6. The molecule has 1 amide bonds. The van der Waals surface area contributed by atoms with Crippen LogP contribution in [0.2, 0.25) is 0 Å². The summed E-state index contributed by atoms with van der Waals surface area (Å²) in [5.41, 5.74) is 5.48. The largest absolute Gasteiger partial charge is 0.346 e. The van der Waals surface area contributed by atoms with Crippen molar-refractivity contribution in [2.24, 2.45) is 5.73 Å². The van der Waals surface area contributed by atoms with Gasteiger partial charge in [0.2, 0.25) is 0 Å². The molecule has 108 valence electrons. The number of carbonyl (C=O) groups excluding carboxylic acids is 1. The van der Waals surface area contributed by atoms with Gasteiger partial charge in [0.05, 0.1) is 5.56 Å². The van der Waals surface area contributed by atoms with Crippen molar-refractivity contribution in [1.29, 1.82) is 0 Å². The van der Waals surface area contributed by atoms with Crippen LogP contribution in [-0.4, -0.2) is 17.0 Å². The summed E-state index contributed by atoms with van der Waals surface area (Å²) in [5, 5.41) is 2.91. The van der Waals surface area contributed by atoms with Crippen LogP contribution < -0.4 is 11.1 Å². The average Bonchev–Trinajstić information content (AvgIpc) is 2.62. The van der Waals surface area contributed by atoms with E-state index >= 15 is 0 Å². The predicted octanol–water partition coefficient (Wildman–Crippen LogP) is 2.50. The Bertz CT molecular complexity index is 563. The summed E-state index contributed by atoms with van der Waals surface area (Å²) in [6.07, 6.45) is 5.20. The standard InChI is InChI=1S/C15H18F2N2O/c16-10-2-3-12(17)11(8-10)13(20)19-15-5-1-4-14(18,9-15)6-7-15/h2-3,8H,1,4-7,9,18H2,(H,19,20)/t14-,15+/m0/s1. The maximum absolute atomic E-state index is 13.6. The molecule has 20 heavy (non-hydrogen) atoms. The first-order chi connectivity index (χ1) is 9.41. The van der Waals surface area contributed by atoms with E-state index in [0.29, 0.717) is 0 Å².